The van der Waals surface area contributed by atoms with Crippen LogP contribution in [0.4, 0.5) is 0 Å². The van der Waals surface area contributed by atoms with E-state index in [-0.39, 0.29) is 0 Å². The van der Waals surface area contributed by atoms with Gasteiger partial charge in [-0.2, -0.15) is 4.98 Å². The molecule has 0 amide bonds. The summed E-state index contributed by atoms with van der Waals surface area (Å²) in [6, 6.07) is 0. The first-order valence-electron chi connectivity index (χ1n) is 4.10. The highest BCUT2D eigenvalue weighted by Gasteiger charge is 2.07. The lowest BCUT2D eigenvalue weighted by molar-refractivity contribution is 0.410. The quantitative estimate of drug-likeness (QED) is 0.733. The number of rotatable bonds is 3. The van der Waals surface area contributed by atoms with Gasteiger partial charge in [0.15, 0.2) is 5.82 Å². The molecule has 0 saturated carbocycles. The highest BCUT2D eigenvalue weighted by atomic mass is 16.5. The number of hydrogen-bond acceptors (Lipinski definition) is 5. The second-order valence-electron chi connectivity index (χ2n) is 2.53. The summed E-state index contributed by atoms with van der Waals surface area (Å²) in [5.74, 6) is 1.44. The number of aromatic nitrogens is 4. The van der Waals surface area contributed by atoms with Gasteiger partial charge in [-0.25, -0.2) is 4.98 Å². The highest BCUT2D eigenvalue weighted by molar-refractivity contribution is 5.45. The second kappa shape index (κ2) is 3.84. The fourth-order valence-electron chi connectivity index (χ4n) is 0.955. The molecular weight excluding hydrogens is 182 g/mol. The fraction of sp³-hybridized carbons (Fsp3) is 0.125. The van der Waals surface area contributed by atoms with Gasteiger partial charge in [-0.3, -0.25) is 0 Å². The van der Waals surface area contributed by atoms with Crippen molar-refractivity contribution < 1.29 is 4.52 Å². The van der Waals surface area contributed by atoms with E-state index in [2.05, 4.69) is 20.1 Å². The van der Waals surface area contributed by atoms with Crippen molar-refractivity contribution in [3.05, 3.63) is 24.4 Å². The Morgan fingerprint density at radius 3 is 3.21 bits per heavy atom. The minimum absolute atomic E-state index is 0.418. The summed E-state index contributed by atoms with van der Waals surface area (Å²) in [6.07, 6.45) is 6.72. The zero-order valence-corrected chi connectivity index (χ0v) is 7.34. The number of nitrogens with two attached hydrogens (primary N) is 1. The maximum atomic E-state index is 5.28. The Morgan fingerprint density at radius 1 is 1.57 bits per heavy atom. The first kappa shape index (κ1) is 8.64. The Balaban J connectivity index is 2.22. The molecule has 6 heteroatoms. The lowest BCUT2D eigenvalue weighted by Crippen LogP contribution is -1.91. The SMILES string of the molecule is NC/C=C/c1nc(-c2ncc[nH]2)no1. The summed E-state index contributed by atoms with van der Waals surface area (Å²) < 4.78 is 4.93. The van der Waals surface area contributed by atoms with Gasteiger partial charge in [0.1, 0.15) is 0 Å². The molecule has 0 aliphatic carbocycles. The van der Waals surface area contributed by atoms with Gasteiger partial charge in [0, 0.05) is 25.0 Å². The van der Waals surface area contributed by atoms with Gasteiger partial charge in [0.2, 0.25) is 5.82 Å². The lowest BCUT2D eigenvalue weighted by Gasteiger charge is -1.81. The summed E-state index contributed by atoms with van der Waals surface area (Å²) in [7, 11) is 0. The Hall–Kier alpha value is -1.95. The summed E-state index contributed by atoms with van der Waals surface area (Å²) in [6.45, 7) is 0.443. The van der Waals surface area contributed by atoms with Crippen LogP contribution in [0.15, 0.2) is 23.0 Å². The summed E-state index contributed by atoms with van der Waals surface area (Å²) in [5.41, 5.74) is 5.28. The molecule has 0 atom stereocenters. The van der Waals surface area contributed by atoms with E-state index in [9.17, 15) is 0 Å². The Morgan fingerprint density at radius 2 is 2.50 bits per heavy atom. The topological polar surface area (TPSA) is 93.6 Å². The fourth-order valence-corrected chi connectivity index (χ4v) is 0.955. The monoisotopic (exact) mass is 191 g/mol. The van der Waals surface area contributed by atoms with Gasteiger partial charge in [0.25, 0.3) is 5.89 Å². The van der Waals surface area contributed by atoms with Gasteiger partial charge < -0.3 is 15.2 Å². The van der Waals surface area contributed by atoms with Crippen molar-refractivity contribution >= 4 is 6.08 Å². The highest BCUT2D eigenvalue weighted by Crippen LogP contribution is 2.09. The molecule has 72 valence electrons. The van der Waals surface area contributed by atoms with Crippen molar-refractivity contribution in [3.8, 4) is 11.6 Å². The summed E-state index contributed by atoms with van der Waals surface area (Å²) >= 11 is 0. The molecule has 0 spiro atoms. The van der Waals surface area contributed by atoms with Crippen molar-refractivity contribution in [3.63, 3.8) is 0 Å². The molecule has 2 aromatic rings. The molecule has 0 aliphatic heterocycles. The molecule has 0 aliphatic rings. The Bertz CT molecular complexity index is 417. The first-order chi connectivity index (χ1) is 6.90. The smallest absolute Gasteiger partial charge is 0.250 e. The van der Waals surface area contributed by atoms with Gasteiger partial charge in [0.05, 0.1) is 0 Å². The van der Waals surface area contributed by atoms with Crippen molar-refractivity contribution in [2.24, 2.45) is 5.73 Å². The maximum Gasteiger partial charge on any atom is 0.250 e. The van der Waals surface area contributed by atoms with E-state index >= 15 is 0 Å². The third kappa shape index (κ3) is 1.69. The molecule has 0 aromatic carbocycles. The Kier molecular flexibility index (Phi) is 2.37. The molecule has 6 nitrogen and oxygen atoms in total. The lowest BCUT2D eigenvalue weighted by atomic mass is 10.5. The van der Waals surface area contributed by atoms with Crippen LogP contribution in [0.1, 0.15) is 5.89 Å². The molecule has 2 rings (SSSR count). The van der Waals surface area contributed by atoms with E-state index < -0.39 is 0 Å². The summed E-state index contributed by atoms with van der Waals surface area (Å²) in [5, 5.41) is 3.74. The zero-order chi connectivity index (χ0) is 9.80. The van der Waals surface area contributed by atoms with Crippen molar-refractivity contribution in [1.82, 2.24) is 20.1 Å². The third-order valence-electron chi connectivity index (χ3n) is 1.55. The molecule has 0 unspecified atom stereocenters. The minimum atomic E-state index is 0.418. The van der Waals surface area contributed by atoms with E-state index in [0.29, 0.717) is 24.1 Å². The van der Waals surface area contributed by atoms with Crippen LogP contribution in [-0.4, -0.2) is 26.7 Å². The number of aromatic amines is 1. The molecular formula is C8H9N5O. The van der Waals surface area contributed by atoms with Gasteiger partial charge in [-0.05, 0) is 0 Å². The first-order valence-corrected chi connectivity index (χ1v) is 4.10. The van der Waals surface area contributed by atoms with Gasteiger partial charge in [-0.15, -0.1) is 0 Å². The number of nitrogens with one attached hydrogen (secondary N) is 1. The molecule has 3 N–H and O–H groups in total. The van der Waals surface area contributed by atoms with Gasteiger partial charge >= 0.3 is 0 Å². The van der Waals surface area contributed by atoms with Crippen LogP contribution < -0.4 is 5.73 Å². The molecule has 14 heavy (non-hydrogen) atoms. The van der Waals surface area contributed by atoms with Crippen LogP contribution in [0, 0.1) is 0 Å². The van der Waals surface area contributed by atoms with Crippen LogP contribution in [0.3, 0.4) is 0 Å². The number of nitrogens with zero attached hydrogens (tertiary/aromatic N) is 3. The minimum Gasteiger partial charge on any atom is -0.342 e. The molecule has 2 aromatic heterocycles. The molecule has 2 heterocycles. The molecule has 0 bridgehead atoms. The van der Waals surface area contributed by atoms with Crippen LogP contribution in [0.25, 0.3) is 17.7 Å². The van der Waals surface area contributed by atoms with E-state index in [1.807, 2.05) is 0 Å². The maximum absolute atomic E-state index is 5.28. The van der Waals surface area contributed by atoms with Crippen LogP contribution in [0.2, 0.25) is 0 Å². The predicted molar refractivity (Wildman–Crippen MR) is 50.0 cm³/mol. The van der Waals surface area contributed by atoms with E-state index in [1.54, 1.807) is 24.5 Å². The molecule has 0 radical (unpaired) electrons. The standard InChI is InChI=1S/C8H9N5O/c9-3-1-2-6-12-8(13-14-6)7-10-4-5-11-7/h1-2,4-5H,3,9H2,(H,10,11)/b2-1+. The van der Waals surface area contributed by atoms with Gasteiger partial charge in [-0.1, -0.05) is 11.2 Å². The molecule has 0 fully saturated rings. The Labute approximate surface area is 79.8 Å². The molecule has 0 saturated heterocycles. The van der Waals surface area contributed by atoms with E-state index in [0.717, 1.165) is 0 Å². The third-order valence-corrected chi connectivity index (χ3v) is 1.55. The zero-order valence-electron chi connectivity index (χ0n) is 7.34. The van der Waals surface area contributed by atoms with Crippen molar-refractivity contribution in [1.29, 1.82) is 0 Å². The average molecular weight is 191 g/mol. The normalized spacial score (nSPS) is 11.2. The number of imidazole rings is 1. The van der Waals surface area contributed by atoms with Crippen LogP contribution >= 0.6 is 0 Å². The number of hydrogen-bond donors (Lipinski definition) is 2. The van der Waals surface area contributed by atoms with Crippen molar-refractivity contribution in [2.45, 2.75) is 0 Å². The van der Waals surface area contributed by atoms with E-state index in [1.165, 1.54) is 0 Å². The largest absolute Gasteiger partial charge is 0.342 e. The van der Waals surface area contributed by atoms with Crippen molar-refractivity contribution in [2.75, 3.05) is 6.54 Å². The van der Waals surface area contributed by atoms with E-state index in [4.69, 9.17) is 10.3 Å². The number of H-pyrrole nitrogens is 1. The predicted octanol–water partition coefficient (Wildman–Crippen LogP) is 0.432. The summed E-state index contributed by atoms with van der Waals surface area (Å²) in [4.78, 5) is 10.9. The van der Waals surface area contributed by atoms with Crippen LogP contribution in [0.5, 0.6) is 0 Å². The second-order valence-corrected chi connectivity index (χ2v) is 2.53. The van der Waals surface area contributed by atoms with Crippen LogP contribution in [-0.2, 0) is 0 Å². The average Bonchev–Trinajstić information content (AvgIpc) is 2.85.